The van der Waals surface area contributed by atoms with Crippen molar-refractivity contribution >= 4 is 53.4 Å². The maximum atomic E-state index is 13.5. The van der Waals surface area contributed by atoms with Gasteiger partial charge < -0.3 is 57.2 Å². The van der Waals surface area contributed by atoms with Crippen LogP contribution in [-0.4, -0.2) is 133 Å². The number of hydrogen-bond acceptors (Lipinski definition) is 21. The van der Waals surface area contributed by atoms with Gasteiger partial charge in [-0.15, -0.1) is 0 Å². The normalized spacial score (nSPS) is 28.0. The first-order valence-corrected chi connectivity index (χ1v) is 17.2. The average molecular weight is 809 g/mol. The minimum Gasteiger partial charge on any atom is -0.507 e. The van der Waals surface area contributed by atoms with Crippen LogP contribution in [0.4, 0.5) is 0 Å². The van der Waals surface area contributed by atoms with Gasteiger partial charge in [0, 0.05) is 60.1 Å². The number of phenols is 1. The van der Waals surface area contributed by atoms with E-state index in [0.717, 1.165) is 54.5 Å². The van der Waals surface area contributed by atoms with Crippen LogP contribution in [0.25, 0.3) is 0 Å². The zero-order chi connectivity index (χ0) is 42.3. The fourth-order valence-electron chi connectivity index (χ4n) is 6.16. The molecule has 0 aromatic heterocycles. The van der Waals surface area contributed by atoms with Gasteiger partial charge >= 0.3 is 41.8 Å². The maximum Gasteiger partial charge on any atom is 0.303 e. The number of carbonyl (C=O) groups excluding carboxylic acids is 9. The molecule has 10 atom stereocenters. The Morgan fingerprint density at radius 1 is 0.579 bits per heavy atom. The van der Waals surface area contributed by atoms with Gasteiger partial charge in [0.25, 0.3) is 0 Å². The van der Waals surface area contributed by atoms with Gasteiger partial charge in [0.15, 0.2) is 42.2 Å². The second kappa shape index (κ2) is 18.8. The number of rotatable bonds is 13. The van der Waals surface area contributed by atoms with Gasteiger partial charge in [0.2, 0.25) is 18.2 Å². The molecule has 0 bridgehead atoms. The Labute approximate surface area is 323 Å². The van der Waals surface area contributed by atoms with Crippen molar-refractivity contribution < 1.29 is 100 Å². The quantitative estimate of drug-likeness (QED) is 0.207. The van der Waals surface area contributed by atoms with Gasteiger partial charge in [0.05, 0.1) is 5.56 Å². The summed E-state index contributed by atoms with van der Waals surface area (Å²) in [7, 11) is 0. The third kappa shape index (κ3) is 11.1. The Kier molecular flexibility index (Phi) is 14.4. The van der Waals surface area contributed by atoms with Crippen molar-refractivity contribution in [2.45, 2.75) is 110 Å². The van der Waals surface area contributed by atoms with Gasteiger partial charge in [-0.25, -0.2) is 0 Å². The SMILES string of the molecule is CC(=O)OC[C@@H]1O[C@H](O[C@H]2[C@@H](OC(C)=O)[C@@H](OC(C)=O)[C@@H](OC3=CC(=O)c4c(O)cccc4C3=O)O[C@H]2COC(C)=O)[C@@H](OC(C)=O)[C@H](OC(C)=O)[C@H]1OC(C)=O. The Morgan fingerprint density at radius 3 is 1.53 bits per heavy atom. The van der Waals surface area contributed by atoms with Crippen molar-refractivity contribution in [3.63, 3.8) is 0 Å². The van der Waals surface area contributed by atoms with Crippen LogP contribution in [0.5, 0.6) is 5.75 Å². The van der Waals surface area contributed by atoms with E-state index in [9.17, 15) is 48.3 Å². The highest BCUT2D eigenvalue weighted by molar-refractivity contribution is 6.24. The number of hydrogen-bond donors (Lipinski definition) is 1. The molecule has 1 aliphatic carbocycles. The lowest BCUT2D eigenvalue weighted by molar-refractivity contribution is -0.358. The second-order valence-corrected chi connectivity index (χ2v) is 12.7. The number of Topliss-reactive ketones (excluding diaryl/α,β-unsaturated/α-hetero) is 1. The Balaban J connectivity index is 1.83. The van der Waals surface area contributed by atoms with Crippen LogP contribution < -0.4 is 0 Å². The highest BCUT2D eigenvalue weighted by atomic mass is 16.8. The zero-order valence-electron chi connectivity index (χ0n) is 31.6. The van der Waals surface area contributed by atoms with Crippen LogP contribution in [-0.2, 0) is 85.7 Å². The minimum absolute atomic E-state index is 0.241. The number of benzene rings is 1. The van der Waals surface area contributed by atoms with Crippen LogP contribution in [0, 0.1) is 0 Å². The summed E-state index contributed by atoms with van der Waals surface area (Å²) >= 11 is 0. The molecular weight excluding hydrogens is 768 g/mol. The molecule has 21 heteroatoms. The lowest BCUT2D eigenvalue weighted by Gasteiger charge is -2.48. The van der Waals surface area contributed by atoms with E-state index < -0.39 is 139 Å². The Bertz CT molecular complexity index is 1820. The van der Waals surface area contributed by atoms with E-state index >= 15 is 0 Å². The van der Waals surface area contributed by atoms with Gasteiger partial charge in [-0.1, -0.05) is 6.07 Å². The number of ketones is 2. The van der Waals surface area contributed by atoms with Gasteiger partial charge in [-0.3, -0.25) is 43.2 Å². The van der Waals surface area contributed by atoms with E-state index in [0.29, 0.717) is 0 Å². The van der Waals surface area contributed by atoms with Gasteiger partial charge in [-0.05, 0) is 12.1 Å². The number of carbonyl (C=O) groups is 9. The molecule has 57 heavy (non-hydrogen) atoms. The van der Waals surface area contributed by atoms with Crippen molar-refractivity contribution in [3.8, 4) is 5.75 Å². The summed E-state index contributed by atoms with van der Waals surface area (Å²) in [6.07, 6.45) is -16.7. The van der Waals surface area contributed by atoms with Crippen molar-refractivity contribution in [3.05, 3.63) is 41.2 Å². The van der Waals surface area contributed by atoms with Crippen LogP contribution in [0.3, 0.4) is 0 Å². The lowest BCUT2D eigenvalue weighted by Crippen LogP contribution is -2.67. The summed E-state index contributed by atoms with van der Waals surface area (Å²) in [6, 6.07) is 3.75. The maximum absolute atomic E-state index is 13.5. The molecule has 21 nitrogen and oxygen atoms in total. The molecule has 0 amide bonds. The molecule has 2 heterocycles. The highest BCUT2D eigenvalue weighted by Gasteiger charge is 2.58. The summed E-state index contributed by atoms with van der Waals surface area (Å²) in [5.74, 6) is -9.37. The molecule has 0 radical (unpaired) electrons. The van der Waals surface area contributed by atoms with Crippen LogP contribution in [0.1, 0.15) is 69.2 Å². The highest BCUT2D eigenvalue weighted by Crippen LogP contribution is 2.37. The number of aromatic hydroxyl groups is 1. The summed E-state index contributed by atoms with van der Waals surface area (Å²) in [5.41, 5.74) is -0.546. The van der Waals surface area contributed by atoms with Crippen molar-refractivity contribution in [2.24, 2.45) is 0 Å². The zero-order valence-corrected chi connectivity index (χ0v) is 31.6. The first-order valence-electron chi connectivity index (χ1n) is 17.2. The van der Waals surface area contributed by atoms with E-state index in [-0.39, 0.29) is 11.1 Å². The summed E-state index contributed by atoms with van der Waals surface area (Å²) in [4.78, 5) is 113. The first kappa shape index (κ1) is 43.8. The van der Waals surface area contributed by atoms with Crippen LogP contribution in [0.2, 0.25) is 0 Å². The van der Waals surface area contributed by atoms with Crippen molar-refractivity contribution in [1.29, 1.82) is 0 Å². The molecule has 1 N–H and O–H groups in total. The van der Waals surface area contributed by atoms with E-state index in [1.54, 1.807) is 0 Å². The van der Waals surface area contributed by atoms with E-state index in [1.807, 2.05) is 0 Å². The number of ether oxygens (including phenoxy) is 11. The smallest absolute Gasteiger partial charge is 0.303 e. The molecule has 2 fully saturated rings. The Morgan fingerprint density at radius 2 is 1.02 bits per heavy atom. The third-order valence-electron chi connectivity index (χ3n) is 8.15. The molecule has 1 aromatic rings. The number of fused-ring (bicyclic) bond motifs is 1. The monoisotopic (exact) mass is 808 g/mol. The minimum atomic E-state index is -1.92. The summed E-state index contributed by atoms with van der Waals surface area (Å²) < 4.78 is 61.9. The predicted molar refractivity (Wildman–Crippen MR) is 179 cm³/mol. The molecule has 2 aliphatic heterocycles. The van der Waals surface area contributed by atoms with E-state index in [2.05, 4.69) is 0 Å². The molecule has 0 saturated carbocycles. The fourth-order valence-corrected chi connectivity index (χ4v) is 6.16. The van der Waals surface area contributed by atoms with Crippen LogP contribution in [0.15, 0.2) is 30.0 Å². The number of esters is 7. The molecule has 0 spiro atoms. The molecule has 4 rings (SSSR count). The number of phenolic OH excluding ortho intramolecular Hbond substituents is 1. The Hall–Kier alpha value is -5.93. The summed E-state index contributed by atoms with van der Waals surface area (Å²) in [6.45, 7) is 5.67. The fraction of sp³-hybridized carbons (Fsp3) is 0.528. The van der Waals surface area contributed by atoms with E-state index in [4.69, 9.17) is 52.1 Å². The molecule has 2 saturated heterocycles. The molecule has 1 aromatic carbocycles. The van der Waals surface area contributed by atoms with Gasteiger partial charge in [-0.2, -0.15) is 0 Å². The summed E-state index contributed by atoms with van der Waals surface area (Å²) in [5, 5.41) is 10.2. The topological polar surface area (TPSA) is 275 Å². The van der Waals surface area contributed by atoms with Crippen molar-refractivity contribution in [2.75, 3.05) is 13.2 Å². The third-order valence-corrected chi connectivity index (χ3v) is 8.15. The van der Waals surface area contributed by atoms with Gasteiger partial charge in [0.1, 0.15) is 37.3 Å². The molecular formula is C36H40O21. The van der Waals surface area contributed by atoms with Crippen molar-refractivity contribution in [1.82, 2.24) is 0 Å². The number of allylic oxidation sites excluding steroid dienone is 2. The van der Waals surface area contributed by atoms with Crippen LogP contribution >= 0.6 is 0 Å². The predicted octanol–water partition coefficient (Wildman–Crippen LogP) is 0.291. The average Bonchev–Trinajstić information content (AvgIpc) is 3.09. The standard InChI is InChI=1S/C36H40O21/c1-14(37)47-12-25-29(49-16(3)39)31(50-17(4)40)34(53-20(7)43)36(56-25)57-30-26(13-48-15(2)38)55-35(33(52-19(6)42)32(30)51-18(5)41)54-24-11-23(45)27-21(28(24)46)9-8-10-22(27)44/h8-11,25-26,29-36,44H,12-13H2,1-7H3/t25-,26-,29-,30+,31+,32+,33+,34-,35-,36+/m0/s1. The second-order valence-electron chi connectivity index (χ2n) is 12.7. The molecule has 3 aliphatic rings. The largest absolute Gasteiger partial charge is 0.507 e. The van der Waals surface area contributed by atoms with E-state index in [1.165, 1.54) is 18.2 Å². The molecule has 310 valence electrons. The molecule has 0 unspecified atom stereocenters. The lowest BCUT2D eigenvalue weighted by atomic mass is 9.92. The first-order chi connectivity index (χ1) is 26.8.